The number of hydrogen-bond donors (Lipinski definition) is 0. The molecule has 142 valence electrons. The van der Waals surface area contributed by atoms with Crippen molar-refractivity contribution in [2.24, 2.45) is 14.1 Å². The summed E-state index contributed by atoms with van der Waals surface area (Å²) < 4.78 is 55.3. The lowest BCUT2D eigenvalue weighted by atomic mass is 10.1. The number of benzene rings is 1. The van der Waals surface area contributed by atoms with Gasteiger partial charge in [0.2, 0.25) is 6.41 Å². The fraction of sp³-hybridized carbons (Fsp3) is 0.188. The zero-order valence-electron chi connectivity index (χ0n) is 14.0. The number of amides is 1. The van der Waals surface area contributed by atoms with E-state index >= 15 is 0 Å². The molecule has 3 aromatic rings. The highest BCUT2D eigenvalue weighted by molar-refractivity contribution is 6.33. The van der Waals surface area contributed by atoms with Crippen molar-refractivity contribution in [2.45, 2.75) is 6.18 Å². The van der Waals surface area contributed by atoms with Crippen LogP contribution in [0.1, 0.15) is 5.69 Å². The van der Waals surface area contributed by atoms with Crippen LogP contribution < -0.4 is 4.90 Å². The van der Waals surface area contributed by atoms with Gasteiger partial charge in [0.1, 0.15) is 10.8 Å². The minimum atomic E-state index is -4.64. The predicted molar refractivity (Wildman–Crippen MR) is 90.0 cm³/mol. The maximum Gasteiger partial charge on any atom is 0.435 e. The number of carbonyl (C=O) groups excluding carboxylic acids is 1. The zero-order chi connectivity index (χ0) is 19.9. The lowest BCUT2D eigenvalue weighted by molar-refractivity contribution is -0.141. The number of nitrogens with zero attached hydrogens (tertiary/aromatic N) is 5. The summed E-state index contributed by atoms with van der Waals surface area (Å²) in [6, 6.07) is 4.43. The molecule has 0 saturated carbocycles. The highest BCUT2D eigenvalue weighted by atomic mass is 35.5. The Bertz CT molecular complexity index is 991. The Morgan fingerprint density at radius 3 is 2.37 bits per heavy atom. The van der Waals surface area contributed by atoms with Crippen LogP contribution in [-0.4, -0.2) is 26.0 Å². The van der Waals surface area contributed by atoms with Crippen LogP contribution in [0.15, 0.2) is 30.5 Å². The lowest BCUT2D eigenvalue weighted by Gasteiger charge is -2.18. The van der Waals surface area contributed by atoms with Crippen molar-refractivity contribution in [3.63, 3.8) is 0 Å². The maximum absolute atomic E-state index is 14.6. The molecule has 0 aliphatic carbocycles. The molecule has 2 heterocycles. The van der Waals surface area contributed by atoms with Crippen LogP contribution in [0.5, 0.6) is 0 Å². The smallest absolute Gasteiger partial charge is 0.278 e. The Hall–Kier alpha value is -2.88. The third-order valence-corrected chi connectivity index (χ3v) is 4.14. The van der Waals surface area contributed by atoms with Crippen LogP contribution in [0.25, 0.3) is 11.3 Å². The first-order valence-electron chi connectivity index (χ1n) is 7.46. The first-order chi connectivity index (χ1) is 12.6. The molecule has 0 saturated heterocycles. The van der Waals surface area contributed by atoms with Crippen molar-refractivity contribution >= 4 is 29.5 Å². The molecule has 1 amide bonds. The molecule has 0 atom stereocenters. The monoisotopic (exact) mass is 401 g/mol. The van der Waals surface area contributed by atoms with Gasteiger partial charge in [-0.15, -0.1) is 0 Å². The van der Waals surface area contributed by atoms with Crippen molar-refractivity contribution in [1.29, 1.82) is 0 Å². The van der Waals surface area contributed by atoms with Crippen molar-refractivity contribution in [3.05, 3.63) is 47.0 Å². The van der Waals surface area contributed by atoms with E-state index in [9.17, 15) is 22.4 Å². The molecule has 0 spiro atoms. The summed E-state index contributed by atoms with van der Waals surface area (Å²) in [4.78, 5) is 12.6. The van der Waals surface area contributed by atoms with Gasteiger partial charge in [-0.05, 0) is 24.3 Å². The van der Waals surface area contributed by atoms with Gasteiger partial charge in [0.15, 0.2) is 11.5 Å². The molecular formula is C16H12ClF4N5O. The van der Waals surface area contributed by atoms with Gasteiger partial charge in [0.05, 0.1) is 17.6 Å². The van der Waals surface area contributed by atoms with E-state index in [-0.39, 0.29) is 27.8 Å². The van der Waals surface area contributed by atoms with E-state index in [4.69, 9.17) is 11.6 Å². The minimum Gasteiger partial charge on any atom is -0.278 e. The van der Waals surface area contributed by atoms with Gasteiger partial charge in [0, 0.05) is 19.7 Å². The molecule has 0 aliphatic heterocycles. The molecule has 27 heavy (non-hydrogen) atoms. The molecular weight excluding hydrogens is 390 g/mol. The van der Waals surface area contributed by atoms with Crippen molar-refractivity contribution in [3.8, 4) is 11.3 Å². The van der Waals surface area contributed by atoms with Crippen LogP contribution >= 0.6 is 11.6 Å². The molecule has 0 bridgehead atoms. The Balaban J connectivity index is 2.04. The van der Waals surface area contributed by atoms with E-state index in [2.05, 4.69) is 10.2 Å². The SMILES string of the molecule is Cn1nc(C(F)(F)F)cc1-c1ccc(N(C=O)c2c(Cl)cnn2C)cc1F. The summed E-state index contributed by atoms with van der Waals surface area (Å²) in [5.74, 6) is -0.604. The molecule has 0 unspecified atom stereocenters. The highest BCUT2D eigenvalue weighted by Gasteiger charge is 2.35. The quantitative estimate of drug-likeness (QED) is 0.492. The van der Waals surface area contributed by atoms with Crippen LogP contribution in [0.4, 0.5) is 29.1 Å². The van der Waals surface area contributed by atoms with Crippen LogP contribution in [0.3, 0.4) is 0 Å². The number of aromatic nitrogens is 4. The van der Waals surface area contributed by atoms with Crippen LogP contribution in [-0.2, 0) is 25.1 Å². The first kappa shape index (κ1) is 18.9. The van der Waals surface area contributed by atoms with E-state index in [1.807, 2.05) is 0 Å². The Labute approximate surface area is 155 Å². The molecule has 0 fully saturated rings. The Kier molecular flexibility index (Phi) is 4.68. The summed E-state index contributed by atoms with van der Waals surface area (Å²) in [6.45, 7) is 0. The van der Waals surface area contributed by atoms with E-state index in [0.29, 0.717) is 6.41 Å². The second-order valence-electron chi connectivity index (χ2n) is 5.62. The fourth-order valence-corrected chi connectivity index (χ4v) is 2.88. The molecule has 3 rings (SSSR count). The number of halogens is 5. The largest absolute Gasteiger partial charge is 0.435 e. The van der Waals surface area contributed by atoms with E-state index in [1.54, 1.807) is 7.05 Å². The topological polar surface area (TPSA) is 56.0 Å². The number of hydrogen-bond acceptors (Lipinski definition) is 3. The summed E-state index contributed by atoms with van der Waals surface area (Å²) in [7, 11) is 2.84. The summed E-state index contributed by atoms with van der Waals surface area (Å²) in [5, 5.41) is 7.45. The fourth-order valence-electron chi connectivity index (χ4n) is 2.63. The van der Waals surface area contributed by atoms with Gasteiger partial charge in [-0.25, -0.2) is 4.39 Å². The van der Waals surface area contributed by atoms with Gasteiger partial charge in [-0.1, -0.05) is 11.6 Å². The molecule has 11 heteroatoms. The Morgan fingerprint density at radius 2 is 1.89 bits per heavy atom. The van der Waals surface area contributed by atoms with E-state index < -0.39 is 17.7 Å². The van der Waals surface area contributed by atoms with Gasteiger partial charge >= 0.3 is 6.18 Å². The maximum atomic E-state index is 14.6. The number of rotatable bonds is 4. The van der Waals surface area contributed by atoms with E-state index in [1.165, 1.54) is 30.1 Å². The minimum absolute atomic E-state index is 0.0532. The van der Waals surface area contributed by atoms with Crippen molar-refractivity contribution in [1.82, 2.24) is 19.6 Å². The van der Waals surface area contributed by atoms with Gasteiger partial charge in [-0.2, -0.15) is 23.4 Å². The second kappa shape index (κ2) is 6.69. The van der Waals surface area contributed by atoms with E-state index in [0.717, 1.165) is 21.7 Å². The first-order valence-corrected chi connectivity index (χ1v) is 7.84. The molecule has 0 aliphatic rings. The molecule has 0 radical (unpaired) electrons. The van der Waals surface area contributed by atoms with Crippen LogP contribution in [0, 0.1) is 5.82 Å². The molecule has 1 aromatic carbocycles. The van der Waals surface area contributed by atoms with Crippen molar-refractivity contribution in [2.75, 3.05) is 4.90 Å². The normalized spacial score (nSPS) is 11.7. The average Bonchev–Trinajstić information content (AvgIpc) is 3.13. The lowest BCUT2D eigenvalue weighted by Crippen LogP contribution is -2.18. The summed E-state index contributed by atoms with van der Waals surface area (Å²) >= 11 is 6.01. The van der Waals surface area contributed by atoms with Gasteiger partial charge in [-0.3, -0.25) is 19.1 Å². The van der Waals surface area contributed by atoms with Crippen molar-refractivity contribution < 1.29 is 22.4 Å². The molecule has 2 aromatic heterocycles. The number of aryl methyl sites for hydroxylation is 2. The molecule has 6 nitrogen and oxygen atoms in total. The Morgan fingerprint density at radius 1 is 1.19 bits per heavy atom. The summed E-state index contributed by atoms with van der Waals surface area (Å²) in [5.41, 5.74) is -1.14. The number of carbonyl (C=O) groups is 1. The molecule has 0 N–H and O–H groups in total. The van der Waals surface area contributed by atoms with Crippen LogP contribution in [0.2, 0.25) is 5.02 Å². The van der Waals surface area contributed by atoms with Gasteiger partial charge in [0.25, 0.3) is 0 Å². The average molecular weight is 402 g/mol. The third-order valence-electron chi connectivity index (χ3n) is 3.88. The van der Waals surface area contributed by atoms with Gasteiger partial charge < -0.3 is 0 Å². The zero-order valence-corrected chi connectivity index (χ0v) is 14.8. The summed E-state index contributed by atoms with van der Waals surface area (Å²) in [6.07, 6.45) is -2.88. The number of anilines is 2. The number of alkyl halides is 3. The second-order valence-corrected chi connectivity index (χ2v) is 6.02. The highest BCUT2D eigenvalue weighted by Crippen LogP contribution is 2.35. The third kappa shape index (κ3) is 3.39. The standard InChI is InChI=1S/C16H12ClF4N5O/c1-24-13(6-14(23-24)16(19,20)21)10-4-3-9(5-12(10)18)26(8-27)15-11(17)7-22-25(15)2/h3-8H,1-2H3. The predicted octanol–water partition coefficient (Wildman–Crippen LogP) is 3.93.